The molecule has 0 bridgehead atoms. The highest BCUT2D eigenvalue weighted by atomic mass is 16.5. The van der Waals surface area contributed by atoms with E-state index in [9.17, 15) is 4.79 Å². The molecule has 7 heteroatoms. The van der Waals surface area contributed by atoms with Crippen LogP contribution in [0.15, 0.2) is 28.8 Å². The van der Waals surface area contributed by atoms with Crippen LogP contribution in [0.25, 0.3) is 0 Å². The van der Waals surface area contributed by atoms with Crippen molar-refractivity contribution in [3.63, 3.8) is 0 Å². The minimum absolute atomic E-state index is 0.0674. The molecule has 3 rings (SSSR count). The molecule has 0 aliphatic carbocycles. The van der Waals surface area contributed by atoms with Gasteiger partial charge in [-0.1, -0.05) is 24.2 Å². The second-order valence-corrected chi connectivity index (χ2v) is 6.51. The van der Waals surface area contributed by atoms with Gasteiger partial charge in [0.15, 0.2) is 5.82 Å². The summed E-state index contributed by atoms with van der Waals surface area (Å²) in [7, 11) is 1.57. The van der Waals surface area contributed by atoms with Gasteiger partial charge in [-0.3, -0.25) is 9.69 Å². The summed E-state index contributed by atoms with van der Waals surface area (Å²) in [6.07, 6.45) is 2.54. The second kappa shape index (κ2) is 8.11. The van der Waals surface area contributed by atoms with Gasteiger partial charge in [-0.25, -0.2) is 0 Å². The van der Waals surface area contributed by atoms with Crippen LogP contribution < -0.4 is 10.1 Å². The first-order valence-corrected chi connectivity index (χ1v) is 8.60. The number of amides is 1. The molecule has 0 radical (unpaired) electrons. The highest BCUT2D eigenvalue weighted by Crippen LogP contribution is 2.23. The van der Waals surface area contributed by atoms with E-state index >= 15 is 0 Å². The number of nitrogens with one attached hydrogen (secondary N) is 1. The molecular weight excluding hydrogens is 320 g/mol. The standard InChI is InChI=1S/C18H24N4O3/c1-13-6-5-9-22(11-13)12-18-20-16(21-25-18)10-17(23)19-14-7-3-4-8-15(14)24-2/h3-4,7-8,13H,5-6,9-12H2,1-2H3,(H,19,23). The average molecular weight is 344 g/mol. The summed E-state index contributed by atoms with van der Waals surface area (Å²) in [4.78, 5) is 18.9. The number of anilines is 1. The Morgan fingerprint density at radius 3 is 3.08 bits per heavy atom. The third kappa shape index (κ3) is 4.79. The zero-order chi connectivity index (χ0) is 17.6. The van der Waals surface area contributed by atoms with E-state index < -0.39 is 0 Å². The summed E-state index contributed by atoms with van der Waals surface area (Å²) in [6.45, 7) is 5.00. The molecule has 1 aromatic heterocycles. The monoisotopic (exact) mass is 344 g/mol. The lowest BCUT2D eigenvalue weighted by Crippen LogP contribution is -2.33. The number of nitrogens with zero attached hydrogens (tertiary/aromatic N) is 3. The Morgan fingerprint density at radius 1 is 1.44 bits per heavy atom. The third-order valence-electron chi connectivity index (χ3n) is 4.31. The van der Waals surface area contributed by atoms with E-state index in [1.807, 2.05) is 12.1 Å². The third-order valence-corrected chi connectivity index (χ3v) is 4.31. The van der Waals surface area contributed by atoms with Gasteiger partial charge < -0.3 is 14.6 Å². The maximum atomic E-state index is 12.2. The lowest BCUT2D eigenvalue weighted by molar-refractivity contribution is -0.115. The molecule has 1 aliphatic rings. The smallest absolute Gasteiger partial charge is 0.240 e. The van der Waals surface area contributed by atoms with Gasteiger partial charge in [0.25, 0.3) is 0 Å². The zero-order valence-electron chi connectivity index (χ0n) is 14.7. The summed E-state index contributed by atoms with van der Waals surface area (Å²) in [5.41, 5.74) is 0.626. The number of piperidine rings is 1. The molecule has 1 aromatic carbocycles. The first-order valence-electron chi connectivity index (χ1n) is 8.60. The summed E-state index contributed by atoms with van der Waals surface area (Å²) < 4.78 is 10.5. The van der Waals surface area contributed by atoms with Crippen molar-refractivity contribution in [3.8, 4) is 5.75 Å². The van der Waals surface area contributed by atoms with Crippen molar-refractivity contribution in [1.82, 2.24) is 15.0 Å². The van der Waals surface area contributed by atoms with Crippen molar-refractivity contribution >= 4 is 11.6 Å². The number of carbonyl (C=O) groups is 1. The molecule has 1 fully saturated rings. The summed E-state index contributed by atoms with van der Waals surface area (Å²) >= 11 is 0. The molecular formula is C18H24N4O3. The number of likely N-dealkylation sites (tertiary alicyclic amines) is 1. The van der Waals surface area contributed by atoms with Gasteiger partial charge in [-0.2, -0.15) is 4.98 Å². The van der Waals surface area contributed by atoms with Gasteiger partial charge in [0, 0.05) is 6.54 Å². The van der Waals surface area contributed by atoms with E-state index in [-0.39, 0.29) is 12.3 Å². The van der Waals surface area contributed by atoms with E-state index in [0.29, 0.717) is 35.6 Å². The molecule has 1 atom stereocenters. The summed E-state index contributed by atoms with van der Waals surface area (Å²) in [5.74, 6) is 2.07. The minimum atomic E-state index is -0.205. The molecule has 0 saturated carbocycles. The van der Waals surface area contributed by atoms with Gasteiger partial charge in [-0.15, -0.1) is 0 Å². The second-order valence-electron chi connectivity index (χ2n) is 6.51. The van der Waals surface area contributed by atoms with Crippen LogP contribution in [0.4, 0.5) is 5.69 Å². The Morgan fingerprint density at radius 2 is 2.28 bits per heavy atom. The van der Waals surface area contributed by atoms with Crippen LogP contribution in [-0.4, -0.2) is 41.1 Å². The van der Waals surface area contributed by atoms with Gasteiger partial charge in [-0.05, 0) is 37.4 Å². The van der Waals surface area contributed by atoms with Crippen LogP contribution in [0.5, 0.6) is 5.75 Å². The van der Waals surface area contributed by atoms with E-state index in [2.05, 4.69) is 27.3 Å². The molecule has 1 aliphatic heterocycles. The van der Waals surface area contributed by atoms with E-state index in [4.69, 9.17) is 9.26 Å². The molecule has 2 aromatic rings. The van der Waals surface area contributed by atoms with Crippen LogP contribution in [-0.2, 0) is 17.8 Å². The fourth-order valence-electron chi connectivity index (χ4n) is 3.13. The Balaban J connectivity index is 1.54. The van der Waals surface area contributed by atoms with E-state index in [1.54, 1.807) is 19.2 Å². The quantitative estimate of drug-likeness (QED) is 0.867. The molecule has 1 amide bonds. The first-order chi connectivity index (χ1) is 12.1. The van der Waals surface area contributed by atoms with E-state index in [0.717, 1.165) is 13.1 Å². The van der Waals surface area contributed by atoms with Crippen LogP contribution in [0.3, 0.4) is 0 Å². The average Bonchev–Trinajstić information content (AvgIpc) is 3.02. The summed E-state index contributed by atoms with van der Waals surface area (Å²) in [5, 5.41) is 6.73. The normalized spacial score (nSPS) is 18.1. The highest BCUT2D eigenvalue weighted by molar-refractivity contribution is 5.93. The number of methoxy groups -OCH3 is 1. The molecule has 134 valence electrons. The van der Waals surface area contributed by atoms with Crippen LogP contribution in [0.1, 0.15) is 31.5 Å². The molecule has 1 N–H and O–H groups in total. The lowest BCUT2D eigenvalue weighted by atomic mass is 10.0. The van der Waals surface area contributed by atoms with Crippen LogP contribution in [0, 0.1) is 5.92 Å². The predicted octanol–water partition coefficient (Wildman–Crippen LogP) is 2.49. The number of benzene rings is 1. The van der Waals surface area contributed by atoms with Crippen molar-refractivity contribution in [2.45, 2.75) is 32.7 Å². The summed E-state index contributed by atoms with van der Waals surface area (Å²) in [6, 6.07) is 7.27. The molecule has 25 heavy (non-hydrogen) atoms. The number of carbonyl (C=O) groups excluding carboxylic acids is 1. The number of hydrogen-bond donors (Lipinski definition) is 1. The molecule has 2 heterocycles. The van der Waals surface area contributed by atoms with Gasteiger partial charge in [0.2, 0.25) is 11.8 Å². The molecule has 1 saturated heterocycles. The highest BCUT2D eigenvalue weighted by Gasteiger charge is 2.19. The number of hydrogen-bond acceptors (Lipinski definition) is 6. The Labute approximate surface area is 147 Å². The van der Waals surface area contributed by atoms with Gasteiger partial charge >= 0.3 is 0 Å². The largest absolute Gasteiger partial charge is 0.495 e. The van der Waals surface area contributed by atoms with Gasteiger partial charge in [0.1, 0.15) is 5.75 Å². The number of para-hydroxylation sites is 2. The Hall–Kier alpha value is -2.41. The van der Waals surface area contributed by atoms with Crippen LogP contribution in [0.2, 0.25) is 0 Å². The van der Waals surface area contributed by atoms with Crippen molar-refractivity contribution < 1.29 is 14.1 Å². The van der Waals surface area contributed by atoms with Crippen LogP contribution >= 0.6 is 0 Å². The topological polar surface area (TPSA) is 80.5 Å². The van der Waals surface area contributed by atoms with Crippen molar-refractivity contribution in [3.05, 3.63) is 36.0 Å². The fraction of sp³-hybridized carbons (Fsp3) is 0.500. The van der Waals surface area contributed by atoms with Gasteiger partial charge in [0.05, 0.1) is 25.8 Å². The van der Waals surface area contributed by atoms with Crippen molar-refractivity contribution in [1.29, 1.82) is 0 Å². The predicted molar refractivity (Wildman–Crippen MR) is 93.3 cm³/mol. The molecule has 7 nitrogen and oxygen atoms in total. The minimum Gasteiger partial charge on any atom is -0.495 e. The first kappa shape index (κ1) is 17.4. The Bertz CT molecular complexity index is 716. The van der Waals surface area contributed by atoms with Crippen molar-refractivity contribution in [2.24, 2.45) is 5.92 Å². The SMILES string of the molecule is COc1ccccc1NC(=O)Cc1noc(CN2CCCC(C)C2)n1. The maximum Gasteiger partial charge on any atom is 0.240 e. The fourth-order valence-corrected chi connectivity index (χ4v) is 3.13. The van der Waals surface area contributed by atoms with E-state index in [1.165, 1.54) is 12.8 Å². The molecule has 0 spiro atoms. The number of rotatable bonds is 6. The number of aromatic nitrogens is 2. The maximum absolute atomic E-state index is 12.2. The van der Waals surface area contributed by atoms with Crippen molar-refractivity contribution in [2.75, 3.05) is 25.5 Å². The number of ether oxygens (including phenoxy) is 1. The zero-order valence-corrected chi connectivity index (χ0v) is 14.7. The Kier molecular flexibility index (Phi) is 5.65. The lowest BCUT2D eigenvalue weighted by Gasteiger charge is -2.29. The molecule has 1 unspecified atom stereocenters.